The molecule has 7 heteroatoms. The third-order valence-electron chi connectivity index (χ3n) is 5.32. The molecular weight excluding hydrogens is 390 g/mol. The molecule has 0 unspecified atom stereocenters. The Hall–Kier alpha value is -4.18. The van der Waals surface area contributed by atoms with Crippen LogP contribution in [0, 0.1) is 32.1 Å². The van der Waals surface area contributed by atoms with Crippen molar-refractivity contribution in [3.63, 3.8) is 0 Å². The highest BCUT2D eigenvalue weighted by Gasteiger charge is 2.18. The summed E-state index contributed by atoms with van der Waals surface area (Å²) in [5, 5.41) is 17.7. The van der Waals surface area contributed by atoms with Crippen molar-refractivity contribution >= 4 is 22.6 Å². The van der Waals surface area contributed by atoms with Gasteiger partial charge in [-0.15, -0.1) is 0 Å². The molecule has 154 valence electrons. The molecule has 0 aliphatic rings. The summed E-state index contributed by atoms with van der Waals surface area (Å²) in [6.07, 6.45) is 1.42. The van der Waals surface area contributed by atoms with Crippen LogP contribution in [0.1, 0.15) is 32.6 Å². The van der Waals surface area contributed by atoms with Crippen LogP contribution in [0.15, 0.2) is 48.7 Å². The molecule has 0 spiro atoms. The third kappa shape index (κ3) is 3.60. The number of benzene rings is 2. The SMILES string of the molecule is COc1cccc2c(C)cc(-n3ncc(C#N)c3NC(=O)c3ccc(C)c(C)c3)nc12. The van der Waals surface area contributed by atoms with Crippen molar-refractivity contribution < 1.29 is 9.53 Å². The van der Waals surface area contributed by atoms with Crippen molar-refractivity contribution in [2.75, 3.05) is 12.4 Å². The highest BCUT2D eigenvalue weighted by Crippen LogP contribution is 2.29. The number of para-hydroxylation sites is 1. The van der Waals surface area contributed by atoms with Crippen molar-refractivity contribution in [1.82, 2.24) is 14.8 Å². The van der Waals surface area contributed by atoms with Gasteiger partial charge in [0.1, 0.15) is 22.9 Å². The molecule has 0 fully saturated rings. The molecule has 2 heterocycles. The number of carbonyl (C=O) groups excluding carboxylic acids is 1. The molecule has 0 radical (unpaired) electrons. The van der Waals surface area contributed by atoms with E-state index in [0.29, 0.717) is 22.6 Å². The van der Waals surface area contributed by atoms with Crippen LogP contribution < -0.4 is 10.1 Å². The van der Waals surface area contributed by atoms with Gasteiger partial charge in [-0.25, -0.2) is 4.98 Å². The Kier molecular flexibility index (Phi) is 5.14. The molecule has 0 saturated heterocycles. The number of amides is 1. The Balaban J connectivity index is 1.81. The Morgan fingerprint density at radius 1 is 1.10 bits per heavy atom. The summed E-state index contributed by atoms with van der Waals surface area (Å²) in [6.45, 7) is 5.91. The molecule has 0 aliphatic carbocycles. The topological polar surface area (TPSA) is 92.8 Å². The number of hydrogen-bond donors (Lipinski definition) is 1. The molecular formula is C24H21N5O2. The first-order valence-corrected chi connectivity index (χ1v) is 9.74. The second-order valence-electron chi connectivity index (χ2n) is 7.34. The van der Waals surface area contributed by atoms with E-state index in [2.05, 4.69) is 16.5 Å². The lowest BCUT2D eigenvalue weighted by Gasteiger charge is -2.13. The fourth-order valence-electron chi connectivity index (χ4n) is 3.43. The number of nitrogens with one attached hydrogen (secondary N) is 1. The highest BCUT2D eigenvalue weighted by atomic mass is 16.5. The van der Waals surface area contributed by atoms with Gasteiger partial charge in [0.15, 0.2) is 11.6 Å². The van der Waals surface area contributed by atoms with Crippen LogP contribution >= 0.6 is 0 Å². The van der Waals surface area contributed by atoms with Gasteiger partial charge in [0.2, 0.25) is 0 Å². The largest absolute Gasteiger partial charge is 0.494 e. The normalized spacial score (nSPS) is 10.7. The maximum atomic E-state index is 12.9. The van der Waals surface area contributed by atoms with Crippen LogP contribution in [0.4, 0.5) is 5.82 Å². The quantitative estimate of drug-likeness (QED) is 0.534. The number of nitrogens with zero attached hydrogens (tertiary/aromatic N) is 4. The molecule has 4 aromatic rings. The van der Waals surface area contributed by atoms with Gasteiger partial charge in [0.05, 0.1) is 13.3 Å². The van der Waals surface area contributed by atoms with E-state index >= 15 is 0 Å². The van der Waals surface area contributed by atoms with E-state index in [0.717, 1.165) is 22.1 Å². The maximum Gasteiger partial charge on any atom is 0.256 e. The molecule has 2 aromatic carbocycles. The standard InChI is InChI=1S/C24H21N5O2/c1-14-8-9-17(10-15(14)2)24(30)28-23-18(12-25)13-26-29(23)21-11-16(3)19-6-5-7-20(31-4)22(19)27-21/h5-11,13H,1-4H3,(H,28,30). The molecule has 1 amide bonds. The summed E-state index contributed by atoms with van der Waals surface area (Å²) in [6, 6.07) is 15.1. The Labute approximate surface area is 179 Å². The number of fused-ring (bicyclic) bond motifs is 1. The highest BCUT2D eigenvalue weighted by molar-refractivity contribution is 6.04. The van der Waals surface area contributed by atoms with Gasteiger partial charge in [-0.3, -0.25) is 4.79 Å². The van der Waals surface area contributed by atoms with E-state index in [1.807, 2.05) is 57.2 Å². The van der Waals surface area contributed by atoms with Gasteiger partial charge in [-0.2, -0.15) is 15.0 Å². The van der Waals surface area contributed by atoms with Gasteiger partial charge in [-0.1, -0.05) is 18.2 Å². The van der Waals surface area contributed by atoms with Gasteiger partial charge in [0.25, 0.3) is 5.91 Å². The fraction of sp³-hybridized carbons (Fsp3) is 0.167. The zero-order chi connectivity index (χ0) is 22.1. The van der Waals surface area contributed by atoms with E-state index in [4.69, 9.17) is 9.72 Å². The summed E-state index contributed by atoms with van der Waals surface area (Å²) in [4.78, 5) is 17.6. The number of pyridine rings is 1. The average molecular weight is 411 g/mol. The minimum atomic E-state index is -0.323. The van der Waals surface area contributed by atoms with E-state index < -0.39 is 0 Å². The third-order valence-corrected chi connectivity index (χ3v) is 5.32. The summed E-state index contributed by atoms with van der Waals surface area (Å²) in [5.74, 6) is 1.06. The number of carbonyl (C=O) groups is 1. The van der Waals surface area contributed by atoms with Gasteiger partial charge < -0.3 is 10.1 Å². The molecule has 4 rings (SSSR count). The number of aromatic nitrogens is 3. The molecule has 7 nitrogen and oxygen atoms in total. The van der Waals surface area contributed by atoms with Crippen LogP contribution in [0.25, 0.3) is 16.7 Å². The summed E-state index contributed by atoms with van der Waals surface area (Å²) >= 11 is 0. The lowest BCUT2D eigenvalue weighted by molar-refractivity contribution is 0.102. The van der Waals surface area contributed by atoms with Crippen LogP contribution in [0.2, 0.25) is 0 Å². The summed E-state index contributed by atoms with van der Waals surface area (Å²) in [5.41, 5.74) is 4.52. The number of hydrogen-bond acceptors (Lipinski definition) is 5. The van der Waals surface area contributed by atoms with E-state index in [1.165, 1.54) is 10.9 Å². The van der Waals surface area contributed by atoms with Crippen molar-refractivity contribution in [3.8, 4) is 17.6 Å². The minimum absolute atomic E-state index is 0.247. The number of anilines is 1. The lowest BCUT2D eigenvalue weighted by atomic mass is 10.1. The van der Waals surface area contributed by atoms with Gasteiger partial charge >= 0.3 is 0 Å². The van der Waals surface area contributed by atoms with Crippen molar-refractivity contribution in [2.24, 2.45) is 0 Å². The average Bonchev–Trinajstić information content (AvgIpc) is 3.17. The summed E-state index contributed by atoms with van der Waals surface area (Å²) in [7, 11) is 1.59. The Morgan fingerprint density at radius 2 is 1.90 bits per heavy atom. The predicted octanol–water partition coefficient (Wildman–Crippen LogP) is 4.48. The minimum Gasteiger partial charge on any atom is -0.494 e. The first-order valence-electron chi connectivity index (χ1n) is 9.74. The molecule has 31 heavy (non-hydrogen) atoms. The van der Waals surface area contributed by atoms with E-state index in [9.17, 15) is 10.1 Å². The predicted molar refractivity (Wildman–Crippen MR) is 119 cm³/mol. The molecule has 2 aromatic heterocycles. The monoisotopic (exact) mass is 411 g/mol. The second kappa shape index (κ2) is 7.92. The molecule has 1 N–H and O–H groups in total. The maximum absolute atomic E-state index is 12.9. The van der Waals surface area contributed by atoms with Crippen LogP contribution in [0.5, 0.6) is 5.75 Å². The molecule has 0 saturated carbocycles. The second-order valence-corrected chi connectivity index (χ2v) is 7.34. The van der Waals surface area contributed by atoms with E-state index in [-0.39, 0.29) is 17.3 Å². The van der Waals surface area contributed by atoms with E-state index in [1.54, 1.807) is 13.2 Å². The van der Waals surface area contributed by atoms with Crippen molar-refractivity contribution in [1.29, 1.82) is 5.26 Å². The van der Waals surface area contributed by atoms with Crippen LogP contribution in [-0.4, -0.2) is 27.8 Å². The summed E-state index contributed by atoms with van der Waals surface area (Å²) < 4.78 is 6.93. The number of nitriles is 1. The number of rotatable bonds is 4. The Bertz CT molecular complexity index is 1360. The molecule has 0 bridgehead atoms. The fourth-order valence-corrected chi connectivity index (χ4v) is 3.43. The van der Waals surface area contributed by atoms with Gasteiger partial charge in [0, 0.05) is 10.9 Å². The van der Waals surface area contributed by atoms with Crippen molar-refractivity contribution in [3.05, 3.63) is 76.5 Å². The zero-order valence-electron chi connectivity index (χ0n) is 17.7. The van der Waals surface area contributed by atoms with Crippen molar-refractivity contribution in [2.45, 2.75) is 20.8 Å². The first kappa shape index (κ1) is 20.1. The number of methoxy groups -OCH3 is 1. The Morgan fingerprint density at radius 3 is 2.61 bits per heavy atom. The first-order chi connectivity index (χ1) is 14.9. The van der Waals surface area contributed by atoms with Crippen LogP contribution in [0.3, 0.4) is 0 Å². The molecule has 0 aliphatic heterocycles. The molecule has 0 atom stereocenters. The smallest absolute Gasteiger partial charge is 0.256 e. The lowest BCUT2D eigenvalue weighted by Crippen LogP contribution is -2.17. The number of aryl methyl sites for hydroxylation is 3. The number of ether oxygens (including phenoxy) is 1. The van der Waals surface area contributed by atoms with Crippen LogP contribution in [-0.2, 0) is 0 Å². The zero-order valence-corrected chi connectivity index (χ0v) is 17.7. The van der Waals surface area contributed by atoms with Gasteiger partial charge in [-0.05, 0) is 61.7 Å².